The van der Waals surface area contributed by atoms with Crippen LogP contribution in [0.25, 0.3) is 0 Å². The summed E-state index contributed by atoms with van der Waals surface area (Å²) < 4.78 is 0. The molecule has 0 aromatic heterocycles. The van der Waals surface area contributed by atoms with Crippen molar-refractivity contribution in [2.75, 3.05) is 0 Å². The van der Waals surface area contributed by atoms with E-state index >= 15 is 0 Å². The Morgan fingerprint density at radius 2 is 1.82 bits per heavy atom. The molecular formula is C14H11N3. The molecule has 0 amide bonds. The molecule has 2 aromatic carbocycles. The monoisotopic (exact) mass is 221 g/mol. The second kappa shape index (κ2) is 5.57. The van der Waals surface area contributed by atoms with Crippen molar-refractivity contribution >= 4 is 5.69 Å². The van der Waals surface area contributed by atoms with Gasteiger partial charge < -0.3 is 0 Å². The van der Waals surface area contributed by atoms with Crippen LogP contribution in [0.1, 0.15) is 11.1 Å². The van der Waals surface area contributed by atoms with Crippen molar-refractivity contribution in [3.8, 4) is 6.07 Å². The van der Waals surface area contributed by atoms with Gasteiger partial charge in [-0.2, -0.15) is 15.5 Å². The van der Waals surface area contributed by atoms with Crippen LogP contribution in [0.5, 0.6) is 0 Å². The summed E-state index contributed by atoms with van der Waals surface area (Å²) in [7, 11) is 0. The Bertz CT molecular complexity index is 553. The van der Waals surface area contributed by atoms with E-state index in [0.717, 1.165) is 11.3 Å². The minimum Gasteiger partial charge on any atom is -0.192 e. The highest BCUT2D eigenvalue weighted by molar-refractivity contribution is 5.35. The zero-order valence-corrected chi connectivity index (χ0v) is 9.24. The van der Waals surface area contributed by atoms with Gasteiger partial charge in [-0.3, -0.25) is 0 Å². The predicted molar refractivity (Wildman–Crippen MR) is 65.8 cm³/mol. The number of benzene rings is 2. The minimum atomic E-state index is 0.490. The van der Waals surface area contributed by atoms with Gasteiger partial charge in [0.05, 0.1) is 23.9 Å². The van der Waals surface area contributed by atoms with Crippen LogP contribution in [-0.4, -0.2) is 0 Å². The fourth-order valence-electron chi connectivity index (χ4n) is 1.43. The number of azo groups is 1. The fraction of sp³-hybridized carbons (Fsp3) is 0.0714. The van der Waals surface area contributed by atoms with E-state index in [1.807, 2.05) is 48.5 Å². The van der Waals surface area contributed by atoms with Gasteiger partial charge in [0.2, 0.25) is 0 Å². The highest BCUT2D eigenvalue weighted by Gasteiger charge is 1.93. The summed E-state index contributed by atoms with van der Waals surface area (Å²) in [5, 5.41) is 17.0. The van der Waals surface area contributed by atoms with Crippen LogP contribution in [0.2, 0.25) is 0 Å². The summed E-state index contributed by atoms with van der Waals surface area (Å²) in [4.78, 5) is 0. The molecule has 0 N–H and O–H groups in total. The van der Waals surface area contributed by atoms with Crippen LogP contribution in [0, 0.1) is 11.3 Å². The van der Waals surface area contributed by atoms with Crippen molar-refractivity contribution in [2.24, 2.45) is 10.2 Å². The summed E-state index contributed by atoms with van der Waals surface area (Å²) in [6, 6.07) is 19.1. The van der Waals surface area contributed by atoms with E-state index in [4.69, 9.17) is 5.26 Å². The molecule has 0 spiro atoms. The zero-order valence-electron chi connectivity index (χ0n) is 9.24. The average molecular weight is 221 g/mol. The molecule has 0 aliphatic rings. The topological polar surface area (TPSA) is 48.5 Å². The molecule has 0 unspecified atom stereocenters. The van der Waals surface area contributed by atoms with Crippen LogP contribution in [0.4, 0.5) is 5.69 Å². The van der Waals surface area contributed by atoms with Gasteiger partial charge >= 0.3 is 0 Å². The lowest BCUT2D eigenvalue weighted by atomic mass is 10.1. The van der Waals surface area contributed by atoms with Crippen LogP contribution in [0.3, 0.4) is 0 Å². The third-order valence-electron chi connectivity index (χ3n) is 2.25. The van der Waals surface area contributed by atoms with E-state index in [9.17, 15) is 0 Å². The van der Waals surface area contributed by atoms with Crippen molar-refractivity contribution in [2.45, 2.75) is 6.54 Å². The molecule has 0 saturated heterocycles. The van der Waals surface area contributed by atoms with Gasteiger partial charge in [-0.25, -0.2) is 0 Å². The van der Waals surface area contributed by atoms with Gasteiger partial charge in [-0.1, -0.05) is 30.3 Å². The first-order valence-corrected chi connectivity index (χ1v) is 5.30. The van der Waals surface area contributed by atoms with E-state index in [-0.39, 0.29) is 0 Å². The van der Waals surface area contributed by atoms with Crippen molar-refractivity contribution < 1.29 is 0 Å². The molecule has 3 heteroatoms. The average Bonchev–Trinajstić information content (AvgIpc) is 2.40. The second-order valence-electron chi connectivity index (χ2n) is 3.55. The first-order chi connectivity index (χ1) is 8.38. The lowest BCUT2D eigenvalue weighted by Crippen LogP contribution is -1.81. The molecule has 0 atom stereocenters. The normalized spacial score (nSPS) is 10.3. The first kappa shape index (κ1) is 11.0. The Kier molecular flexibility index (Phi) is 3.61. The van der Waals surface area contributed by atoms with E-state index in [1.165, 1.54) is 0 Å². The smallest absolute Gasteiger partial charge is 0.0991 e. The molecular weight excluding hydrogens is 210 g/mol. The quantitative estimate of drug-likeness (QED) is 0.726. The van der Waals surface area contributed by atoms with Gasteiger partial charge in [0.15, 0.2) is 0 Å². The third kappa shape index (κ3) is 3.25. The summed E-state index contributed by atoms with van der Waals surface area (Å²) >= 11 is 0. The number of rotatable bonds is 3. The Morgan fingerprint density at radius 1 is 1.00 bits per heavy atom. The summed E-state index contributed by atoms with van der Waals surface area (Å²) in [6.07, 6.45) is 0. The maximum atomic E-state index is 8.76. The van der Waals surface area contributed by atoms with Crippen molar-refractivity contribution in [3.05, 3.63) is 65.7 Å². The van der Waals surface area contributed by atoms with Crippen molar-refractivity contribution in [1.82, 2.24) is 0 Å². The Balaban J connectivity index is 2.03. The van der Waals surface area contributed by atoms with E-state index in [1.54, 1.807) is 6.07 Å². The summed E-state index contributed by atoms with van der Waals surface area (Å²) in [5.74, 6) is 0. The molecule has 0 radical (unpaired) electrons. The molecule has 2 rings (SSSR count). The Labute approximate surface area is 100 Å². The third-order valence-corrected chi connectivity index (χ3v) is 2.25. The summed E-state index contributed by atoms with van der Waals surface area (Å²) in [5.41, 5.74) is 2.48. The largest absolute Gasteiger partial charge is 0.192 e. The zero-order chi connectivity index (χ0) is 11.9. The molecule has 2 aromatic rings. The van der Waals surface area contributed by atoms with Gasteiger partial charge in [0.25, 0.3) is 0 Å². The number of hydrogen-bond acceptors (Lipinski definition) is 3. The van der Waals surface area contributed by atoms with E-state index in [0.29, 0.717) is 12.1 Å². The minimum absolute atomic E-state index is 0.490. The maximum absolute atomic E-state index is 8.76. The molecule has 0 saturated carbocycles. The molecule has 0 fully saturated rings. The molecule has 17 heavy (non-hydrogen) atoms. The number of nitriles is 1. The molecule has 3 nitrogen and oxygen atoms in total. The second-order valence-corrected chi connectivity index (χ2v) is 3.55. The van der Waals surface area contributed by atoms with Crippen LogP contribution < -0.4 is 0 Å². The Morgan fingerprint density at radius 3 is 2.59 bits per heavy atom. The molecule has 82 valence electrons. The van der Waals surface area contributed by atoms with Crippen LogP contribution in [0.15, 0.2) is 64.8 Å². The number of hydrogen-bond donors (Lipinski definition) is 0. The highest BCUT2D eigenvalue weighted by Crippen LogP contribution is 2.12. The molecule has 0 aliphatic carbocycles. The highest BCUT2D eigenvalue weighted by atomic mass is 15.1. The summed E-state index contributed by atoms with van der Waals surface area (Å²) in [6.45, 7) is 0.490. The SMILES string of the molecule is N#Cc1cccc(CN=Nc2ccccc2)c1. The van der Waals surface area contributed by atoms with Crippen LogP contribution >= 0.6 is 0 Å². The molecule has 0 heterocycles. The van der Waals surface area contributed by atoms with Crippen molar-refractivity contribution in [1.29, 1.82) is 5.26 Å². The predicted octanol–water partition coefficient (Wildman–Crippen LogP) is 3.84. The lowest BCUT2D eigenvalue weighted by Gasteiger charge is -1.96. The molecule has 0 bridgehead atoms. The molecule has 0 aliphatic heterocycles. The Hall–Kier alpha value is -2.47. The van der Waals surface area contributed by atoms with E-state index in [2.05, 4.69) is 16.3 Å². The van der Waals surface area contributed by atoms with E-state index < -0.39 is 0 Å². The van der Waals surface area contributed by atoms with Gasteiger partial charge in [0.1, 0.15) is 0 Å². The van der Waals surface area contributed by atoms with Gasteiger partial charge in [-0.05, 0) is 29.8 Å². The fourth-order valence-corrected chi connectivity index (χ4v) is 1.43. The number of nitrogens with zero attached hydrogens (tertiary/aromatic N) is 3. The first-order valence-electron chi connectivity index (χ1n) is 5.30. The maximum Gasteiger partial charge on any atom is 0.0991 e. The lowest BCUT2D eigenvalue weighted by molar-refractivity contribution is 0.958. The van der Waals surface area contributed by atoms with Crippen molar-refractivity contribution in [3.63, 3.8) is 0 Å². The van der Waals surface area contributed by atoms with Gasteiger partial charge in [0, 0.05) is 0 Å². The standard InChI is InChI=1S/C14H11N3/c15-10-12-5-4-6-13(9-12)11-16-17-14-7-2-1-3-8-14/h1-9H,11H2. The van der Waals surface area contributed by atoms with Crippen LogP contribution in [-0.2, 0) is 6.54 Å². The van der Waals surface area contributed by atoms with Gasteiger partial charge in [-0.15, -0.1) is 0 Å².